The molecular formula is C11H21N3. The summed E-state index contributed by atoms with van der Waals surface area (Å²) >= 11 is 0. The fourth-order valence-corrected chi connectivity index (χ4v) is 2.19. The third-order valence-electron chi connectivity index (χ3n) is 3.12. The number of likely N-dealkylation sites (tertiary alicyclic amines) is 1. The van der Waals surface area contributed by atoms with Crippen LogP contribution in [0.1, 0.15) is 26.2 Å². The van der Waals surface area contributed by atoms with Gasteiger partial charge in [-0.05, 0) is 51.9 Å². The van der Waals surface area contributed by atoms with E-state index in [0.29, 0.717) is 0 Å². The molecule has 1 fully saturated rings. The Labute approximate surface area is 87.1 Å². The first kappa shape index (κ1) is 11.5. The summed E-state index contributed by atoms with van der Waals surface area (Å²) in [6.07, 6.45) is 3.42. The standard InChI is InChI=1S/C11H21N3/c1-3-11(8-12)14-6-4-10(5-7-14)9-13-2/h10-11,13H,3-7,9H2,1-2H3. The molecule has 14 heavy (non-hydrogen) atoms. The van der Waals surface area contributed by atoms with Gasteiger partial charge in [-0.1, -0.05) is 6.92 Å². The average Bonchev–Trinajstić information content (AvgIpc) is 2.23. The second-order valence-electron chi connectivity index (χ2n) is 4.09. The van der Waals surface area contributed by atoms with Crippen molar-refractivity contribution >= 4 is 0 Å². The number of rotatable bonds is 4. The van der Waals surface area contributed by atoms with E-state index in [-0.39, 0.29) is 6.04 Å². The Morgan fingerprint density at radius 2 is 2.14 bits per heavy atom. The predicted molar refractivity (Wildman–Crippen MR) is 57.9 cm³/mol. The van der Waals surface area contributed by atoms with Crippen molar-refractivity contribution in [3.63, 3.8) is 0 Å². The van der Waals surface area contributed by atoms with Crippen LogP contribution in [0.5, 0.6) is 0 Å². The maximum absolute atomic E-state index is 8.94. The lowest BCUT2D eigenvalue weighted by Gasteiger charge is -2.34. The van der Waals surface area contributed by atoms with Crippen molar-refractivity contribution < 1.29 is 0 Å². The van der Waals surface area contributed by atoms with Gasteiger partial charge >= 0.3 is 0 Å². The molecule has 1 saturated heterocycles. The van der Waals surface area contributed by atoms with E-state index >= 15 is 0 Å². The molecule has 80 valence electrons. The zero-order valence-corrected chi connectivity index (χ0v) is 9.29. The average molecular weight is 195 g/mol. The van der Waals surface area contributed by atoms with Crippen molar-refractivity contribution in [3.8, 4) is 6.07 Å². The van der Waals surface area contributed by atoms with Gasteiger partial charge in [0.1, 0.15) is 0 Å². The van der Waals surface area contributed by atoms with Crippen molar-refractivity contribution in [2.75, 3.05) is 26.7 Å². The Morgan fingerprint density at radius 3 is 2.57 bits per heavy atom. The molecular weight excluding hydrogens is 174 g/mol. The first-order valence-electron chi connectivity index (χ1n) is 5.60. The summed E-state index contributed by atoms with van der Waals surface area (Å²) in [5.74, 6) is 0.812. The van der Waals surface area contributed by atoms with Gasteiger partial charge in [-0.2, -0.15) is 5.26 Å². The van der Waals surface area contributed by atoms with Gasteiger partial charge in [-0.3, -0.25) is 4.90 Å². The van der Waals surface area contributed by atoms with Crippen molar-refractivity contribution in [1.82, 2.24) is 10.2 Å². The molecule has 0 spiro atoms. The van der Waals surface area contributed by atoms with Gasteiger partial charge in [0, 0.05) is 0 Å². The number of hydrogen-bond donors (Lipinski definition) is 1. The maximum atomic E-state index is 8.94. The first-order chi connectivity index (χ1) is 6.81. The lowest BCUT2D eigenvalue weighted by Crippen LogP contribution is -2.42. The third-order valence-corrected chi connectivity index (χ3v) is 3.12. The second kappa shape index (κ2) is 6.00. The van der Waals surface area contributed by atoms with Crippen molar-refractivity contribution in [2.24, 2.45) is 5.92 Å². The van der Waals surface area contributed by atoms with Gasteiger partial charge in [0.05, 0.1) is 12.1 Å². The predicted octanol–water partition coefficient (Wildman–Crippen LogP) is 1.22. The fraction of sp³-hybridized carbons (Fsp3) is 0.909. The third kappa shape index (κ3) is 2.97. The summed E-state index contributed by atoms with van der Waals surface area (Å²) in [5.41, 5.74) is 0. The normalized spacial score (nSPS) is 21.8. The first-order valence-corrected chi connectivity index (χ1v) is 5.60. The van der Waals surface area contributed by atoms with E-state index in [0.717, 1.165) is 32.0 Å². The van der Waals surface area contributed by atoms with Gasteiger partial charge in [0.25, 0.3) is 0 Å². The Balaban J connectivity index is 2.31. The smallest absolute Gasteiger partial charge is 0.0975 e. The van der Waals surface area contributed by atoms with E-state index in [1.165, 1.54) is 12.8 Å². The molecule has 1 unspecified atom stereocenters. The zero-order chi connectivity index (χ0) is 10.4. The summed E-state index contributed by atoms with van der Waals surface area (Å²) in [7, 11) is 2.01. The van der Waals surface area contributed by atoms with E-state index in [4.69, 9.17) is 5.26 Å². The number of nitrogens with one attached hydrogen (secondary N) is 1. The molecule has 1 heterocycles. The van der Waals surface area contributed by atoms with E-state index in [1.807, 2.05) is 7.05 Å². The molecule has 0 aromatic heterocycles. The van der Waals surface area contributed by atoms with Crippen LogP contribution in [0.3, 0.4) is 0 Å². The molecule has 0 aromatic carbocycles. The van der Waals surface area contributed by atoms with Crippen LogP contribution in [0.2, 0.25) is 0 Å². The number of piperidine rings is 1. The summed E-state index contributed by atoms with van der Waals surface area (Å²) in [4.78, 5) is 2.33. The number of nitriles is 1. The van der Waals surface area contributed by atoms with Crippen LogP contribution in [0, 0.1) is 17.2 Å². The van der Waals surface area contributed by atoms with Crippen LogP contribution in [0.25, 0.3) is 0 Å². The van der Waals surface area contributed by atoms with E-state index in [2.05, 4.69) is 23.2 Å². The minimum Gasteiger partial charge on any atom is -0.319 e. The molecule has 0 aliphatic carbocycles. The highest BCUT2D eigenvalue weighted by atomic mass is 15.2. The minimum atomic E-state index is 0.144. The molecule has 0 bridgehead atoms. The van der Waals surface area contributed by atoms with Gasteiger partial charge in [0.2, 0.25) is 0 Å². The van der Waals surface area contributed by atoms with Crippen LogP contribution in [-0.2, 0) is 0 Å². The zero-order valence-electron chi connectivity index (χ0n) is 9.29. The Kier molecular flexibility index (Phi) is 4.92. The van der Waals surface area contributed by atoms with Crippen LogP contribution in [0.15, 0.2) is 0 Å². The minimum absolute atomic E-state index is 0.144. The Morgan fingerprint density at radius 1 is 1.50 bits per heavy atom. The molecule has 0 saturated carbocycles. The summed E-state index contributed by atoms with van der Waals surface area (Å²) in [5, 5.41) is 12.2. The molecule has 3 heteroatoms. The van der Waals surface area contributed by atoms with E-state index in [9.17, 15) is 0 Å². The second-order valence-corrected chi connectivity index (χ2v) is 4.09. The highest BCUT2D eigenvalue weighted by molar-refractivity contribution is 4.92. The molecule has 1 atom stereocenters. The largest absolute Gasteiger partial charge is 0.319 e. The molecule has 0 amide bonds. The van der Waals surface area contributed by atoms with Gasteiger partial charge in [-0.25, -0.2) is 0 Å². The van der Waals surface area contributed by atoms with Gasteiger partial charge in [0.15, 0.2) is 0 Å². The lowest BCUT2D eigenvalue weighted by molar-refractivity contribution is 0.155. The summed E-state index contributed by atoms with van der Waals surface area (Å²) < 4.78 is 0. The maximum Gasteiger partial charge on any atom is 0.0975 e. The van der Waals surface area contributed by atoms with Crippen molar-refractivity contribution in [2.45, 2.75) is 32.2 Å². The molecule has 1 aliphatic rings. The monoisotopic (exact) mass is 195 g/mol. The Bertz CT molecular complexity index is 189. The van der Waals surface area contributed by atoms with Crippen molar-refractivity contribution in [1.29, 1.82) is 5.26 Å². The molecule has 0 aromatic rings. The molecule has 3 nitrogen and oxygen atoms in total. The number of nitrogens with zero attached hydrogens (tertiary/aromatic N) is 2. The molecule has 1 aliphatic heterocycles. The summed E-state index contributed by atoms with van der Waals surface area (Å²) in [6.45, 7) is 5.40. The summed E-state index contributed by atoms with van der Waals surface area (Å²) in [6, 6.07) is 2.52. The van der Waals surface area contributed by atoms with Crippen LogP contribution in [0.4, 0.5) is 0 Å². The highest BCUT2D eigenvalue weighted by Crippen LogP contribution is 2.18. The van der Waals surface area contributed by atoms with Crippen LogP contribution >= 0.6 is 0 Å². The van der Waals surface area contributed by atoms with E-state index < -0.39 is 0 Å². The van der Waals surface area contributed by atoms with Crippen LogP contribution < -0.4 is 5.32 Å². The van der Waals surface area contributed by atoms with Gasteiger partial charge in [-0.15, -0.1) is 0 Å². The molecule has 1 N–H and O–H groups in total. The topological polar surface area (TPSA) is 39.1 Å². The lowest BCUT2D eigenvalue weighted by atomic mass is 9.95. The van der Waals surface area contributed by atoms with E-state index in [1.54, 1.807) is 0 Å². The molecule has 0 radical (unpaired) electrons. The van der Waals surface area contributed by atoms with Crippen LogP contribution in [-0.4, -0.2) is 37.6 Å². The fourth-order valence-electron chi connectivity index (χ4n) is 2.19. The quantitative estimate of drug-likeness (QED) is 0.733. The Hall–Kier alpha value is -0.590. The SMILES string of the molecule is CCC(C#N)N1CCC(CNC)CC1. The highest BCUT2D eigenvalue weighted by Gasteiger charge is 2.23. The number of hydrogen-bond acceptors (Lipinski definition) is 3. The van der Waals surface area contributed by atoms with Crippen molar-refractivity contribution in [3.05, 3.63) is 0 Å². The van der Waals surface area contributed by atoms with Gasteiger partial charge < -0.3 is 5.32 Å². The molecule has 1 rings (SSSR count).